The lowest BCUT2D eigenvalue weighted by Crippen LogP contribution is -2.54. The number of Topliss-reactive ketones (excluding diaryl/α,β-unsaturated/α-hetero) is 1. The molecule has 16 heteroatoms. The van der Waals surface area contributed by atoms with Crippen molar-refractivity contribution in [1.82, 2.24) is 0 Å². The summed E-state index contributed by atoms with van der Waals surface area (Å²) in [6, 6.07) is 3.41. The van der Waals surface area contributed by atoms with Gasteiger partial charge in [0.1, 0.15) is 17.7 Å². The third kappa shape index (κ3) is 6.10. The Morgan fingerprint density at radius 2 is 1.56 bits per heavy atom. The number of rotatable bonds is 7. The van der Waals surface area contributed by atoms with E-state index in [0.29, 0.717) is 16.4 Å². The minimum absolute atomic E-state index is 0.0361. The molecule has 0 spiro atoms. The lowest BCUT2D eigenvalue weighted by atomic mass is 9.80. The van der Waals surface area contributed by atoms with E-state index in [1.165, 1.54) is 0 Å². The van der Waals surface area contributed by atoms with Crippen molar-refractivity contribution in [3.05, 3.63) is 59.4 Å². The molecule has 238 valence electrons. The van der Waals surface area contributed by atoms with Crippen molar-refractivity contribution < 1.29 is 62.9 Å². The van der Waals surface area contributed by atoms with Crippen molar-refractivity contribution in [3.8, 4) is 0 Å². The van der Waals surface area contributed by atoms with Gasteiger partial charge >= 0.3 is 12.4 Å². The van der Waals surface area contributed by atoms with Crippen LogP contribution in [0.4, 0.5) is 45.2 Å². The molecule has 0 bridgehead atoms. The lowest BCUT2D eigenvalue weighted by molar-refractivity contribution is -0.376. The number of anilines is 1. The van der Waals surface area contributed by atoms with Gasteiger partial charge in [0.2, 0.25) is 0 Å². The van der Waals surface area contributed by atoms with Crippen molar-refractivity contribution in [2.75, 3.05) is 4.31 Å². The van der Waals surface area contributed by atoms with Crippen LogP contribution in [0, 0.1) is 11.7 Å². The van der Waals surface area contributed by atoms with Gasteiger partial charge in [0.25, 0.3) is 21.5 Å². The number of alkyl halides is 8. The average Bonchev–Trinajstić information content (AvgIpc) is 2.89. The van der Waals surface area contributed by atoms with Gasteiger partial charge in [-0.1, -0.05) is 12.1 Å². The molecular formula is C27H26F9NO5S. The molecule has 3 atom stereocenters. The molecule has 43 heavy (non-hydrogen) atoms. The molecule has 0 aromatic heterocycles. The number of hydrogen-bond acceptors (Lipinski definition) is 5. The van der Waals surface area contributed by atoms with Gasteiger partial charge in [0.05, 0.1) is 16.6 Å². The normalized spacial score (nSPS) is 23.1. The number of ketones is 1. The molecule has 4 rings (SSSR count). The third-order valence-electron chi connectivity index (χ3n) is 7.92. The van der Waals surface area contributed by atoms with Gasteiger partial charge in [0, 0.05) is 24.8 Å². The van der Waals surface area contributed by atoms with Gasteiger partial charge in [-0.2, -0.15) is 26.3 Å². The van der Waals surface area contributed by atoms with Crippen LogP contribution < -0.4 is 4.31 Å². The predicted octanol–water partition coefficient (Wildman–Crippen LogP) is 5.79. The zero-order valence-corrected chi connectivity index (χ0v) is 22.9. The molecule has 2 aromatic rings. The highest BCUT2D eigenvalue weighted by Crippen LogP contribution is 2.51. The van der Waals surface area contributed by atoms with Crippen LogP contribution >= 0.6 is 0 Å². The fourth-order valence-electron chi connectivity index (χ4n) is 5.68. The van der Waals surface area contributed by atoms with E-state index in [9.17, 15) is 62.9 Å². The van der Waals surface area contributed by atoms with Crippen molar-refractivity contribution >= 4 is 21.5 Å². The first-order valence-electron chi connectivity index (χ1n) is 13.1. The van der Waals surface area contributed by atoms with Crippen LogP contribution in [0.15, 0.2) is 47.4 Å². The van der Waals surface area contributed by atoms with Crippen LogP contribution in [0.1, 0.15) is 49.7 Å². The number of nitrogens with zero attached hydrogens (tertiary/aromatic N) is 1. The minimum atomic E-state index is -6.19. The summed E-state index contributed by atoms with van der Waals surface area (Å²) in [6.45, 7) is 0. The van der Waals surface area contributed by atoms with Crippen molar-refractivity contribution in [1.29, 1.82) is 0 Å². The summed E-state index contributed by atoms with van der Waals surface area (Å²) < 4.78 is 151. The molecule has 1 aliphatic heterocycles. The standard InChI is InChI=1S/C27H26F9NO5S/c28-18-5-8-21(9-6-18)43(41,42)37-19(14-20(38)13-16-2-1-11-24(29,30)23(16)39)7-3-15-12-17(4-10-22(15)37)25(40,26(31,32)33)27(34,35)36/h4-6,8-10,12,16,19,23,39-40H,1-3,7,11,13-14H2/t16-,19+,23-/m1/s1. The third-order valence-corrected chi connectivity index (χ3v) is 9.80. The summed E-state index contributed by atoms with van der Waals surface area (Å²) in [5.74, 6) is -6.04. The van der Waals surface area contributed by atoms with Gasteiger partial charge in [-0.05, 0) is 67.5 Å². The highest BCUT2D eigenvalue weighted by Gasteiger charge is 2.71. The molecule has 1 heterocycles. The van der Waals surface area contributed by atoms with Crippen LogP contribution in [-0.4, -0.2) is 54.8 Å². The Labute approximate surface area is 240 Å². The lowest BCUT2D eigenvalue weighted by Gasteiger charge is -2.39. The summed E-state index contributed by atoms with van der Waals surface area (Å²) in [5.41, 5.74) is -7.58. The van der Waals surface area contributed by atoms with Gasteiger partial charge in [0.15, 0.2) is 0 Å². The van der Waals surface area contributed by atoms with Crippen LogP contribution in [0.3, 0.4) is 0 Å². The zero-order chi connectivity index (χ0) is 32.2. The highest BCUT2D eigenvalue weighted by molar-refractivity contribution is 7.92. The van der Waals surface area contributed by atoms with Gasteiger partial charge in [-0.15, -0.1) is 0 Å². The molecular weight excluding hydrogens is 621 g/mol. The van der Waals surface area contributed by atoms with Crippen molar-refractivity contribution in [2.24, 2.45) is 5.92 Å². The second-order valence-corrected chi connectivity index (χ2v) is 12.6. The highest BCUT2D eigenvalue weighted by atomic mass is 32.2. The average molecular weight is 648 g/mol. The fraction of sp³-hybridized carbons (Fsp3) is 0.519. The maximum absolute atomic E-state index is 14.0. The summed E-state index contributed by atoms with van der Waals surface area (Å²) in [4.78, 5) is 12.5. The SMILES string of the molecule is O=C(C[C@H]1CCCC(F)(F)[C@@H]1O)C[C@@H]1CCc2cc(C(O)(C(F)(F)F)C(F)(F)F)ccc2N1S(=O)(=O)c1ccc(F)cc1. The Morgan fingerprint density at radius 1 is 0.953 bits per heavy atom. The number of benzene rings is 2. The first kappa shape index (κ1) is 33.1. The summed E-state index contributed by atoms with van der Waals surface area (Å²) in [7, 11) is -4.72. The predicted molar refractivity (Wildman–Crippen MR) is 133 cm³/mol. The van der Waals surface area contributed by atoms with E-state index in [4.69, 9.17) is 0 Å². The summed E-state index contributed by atoms with van der Waals surface area (Å²) in [5, 5.41) is 19.9. The molecule has 1 aliphatic carbocycles. The molecule has 1 saturated carbocycles. The van der Waals surface area contributed by atoms with Gasteiger partial charge in [-0.3, -0.25) is 9.10 Å². The quantitative estimate of drug-likeness (QED) is 0.371. The number of carbonyl (C=O) groups excluding carboxylic acids is 1. The maximum atomic E-state index is 14.0. The molecule has 1 fully saturated rings. The van der Waals surface area contributed by atoms with Crippen LogP contribution in [-0.2, 0) is 26.8 Å². The number of sulfonamides is 1. The van der Waals surface area contributed by atoms with Crippen LogP contribution in [0.5, 0.6) is 0 Å². The number of aliphatic hydroxyl groups excluding tert-OH is 1. The monoisotopic (exact) mass is 647 g/mol. The van der Waals surface area contributed by atoms with Gasteiger partial charge < -0.3 is 10.2 Å². The summed E-state index contributed by atoms with van der Waals surface area (Å²) >= 11 is 0. The first-order chi connectivity index (χ1) is 19.7. The number of fused-ring (bicyclic) bond motifs is 1. The largest absolute Gasteiger partial charge is 0.430 e. The topological polar surface area (TPSA) is 94.9 Å². The van der Waals surface area contributed by atoms with Crippen molar-refractivity contribution in [2.45, 2.75) is 85.9 Å². The van der Waals surface area contributed by atoms with E-state index >= 15 is 0 Å². The van der Waals surface area contributed by atoms with E-state index < -0.39 is 93.3 Å². The number of carbonyl (C=O) groups is 1. The Balaban J connectivity index is 1.74. The molecule has 0 unspecified atom stereocenters. The first-order valence-corrected chi connectivity index (χ1v) is 14.5. The molecule has 0 saturated heterocycles. The molecule has 2 N–H and O–H groups in total. The fourth-order valence-corrected chi connectivity index (χ4v) is 7.40. The smallest absolute Gasteiger partial charge is 0.387 e. The Bertz CT molecular complexity index is 1440. The van der Waals surface area contributed by atoms with E-state index in [1.807, 2.05) is 0 Å². The summed E-state index contributed by atoms with van der Waals surface area (Å²) in [6.07, 6.45) is -16.6. The second kappa shape index (κ2) is 11.3. The molecule has 2 aromatic carbocycles. The number of aliphatic hydroxyl groups is 2. The number of halogens is 9. The van der Waals surface area contributed by atoms with Crippen molar-refractivity contribution in [3.63, 3.8) is 0 Å². The number of hydrogen-bond donors (Lipinski definition) is 2. The van der Waals surface area contributed by atoms with Crippen LogP contribution in [0.2, 0.25) is 0 Å². The van der Waals surface area contributed by atoms with E-state index in [2.05, 4.69) is 0 Å². The Morgan fingerprint density at radius 3 is 2.14 bits per heavy atom. The minimum Gasteiger partial charge on any atom is -0.387 e. The zero-order valence-electron chi connectivity index (χ0n) is 22.1. The Kier molecular flexibility index (Phi) is 8.65. The number of aryl methyl sites for hydroxylation is 1. The molecule has 6 nitrogen and oxygen atoms in total. The molecule has 0 amide bonds. The van der Waals surface area contributed by atoms with E-state index in [0.717, 1.165) is 24.3 Å². The maximum Gasteiger partial charge on any atom is 0.430 e. The second-order valence-electron chi connectivity index (χ2n) is 10.8. The van der Waals surface area contributed by atoms with Gasteiger partial charge in [-0.25, -0.2) is 21.6 Å². The Hall–Kier alpha value is -2.85. The molecule has 2 aliphatic rings. The van der Waals surface area contributed by atoms with E-state index in [1.54, 1.807) is 0 Å². The van der Waals surface area contributed by atoms with Crippen LogP contribution in [0.25, 0.3) is 0 Å². The van der Waals surface area contributed by atoms with E-state index in [-0.39, 0.29) is 43.0 Å². The molecule has 0 radical (unpaired) electrons.